The molecule has 126 valence electrons. The minimum Gasteiger partial charge on any atom is -0.495 e. The molecule has 0 aliphatic carbocycles. The quantitative estimate of drug-likeness (QED) is 0.409. The minimum absolute atomic E-state index is 0.336. The molecule has 0 saturated carbocycles. The smallest absolute Gasteiger partial charge is 0.271 e. The molecule has 0 aliphatic rings. The fourth-order valence-electron chi connectivity index (χ4n) is 1.95. The second kappa shape index (κ2) is 8.16. The molecule has 24 heavy (non-hydrogen) atoms. The highest BCUT2D eigenvalue weighted by molar-refractivity contribution is 9.11. The highest BCUT2D eigenvalue weighted by Crippen LogP contribution is 2.41. The lowest BCUT2D eigenvalue weighted by atomic mass is 10.2. The van der Waals surface area contributed by atoms with Gasteiger partial charge in [0.05, 0.1) is 24.9 Å². The molecule has 1 amide bonds. The number of halogens is 2. The minimum atomic E-state index is -0.336. The van der Waals surface area contributed by atoms with Gasteiger partial charge in [-0.2, -0.15) is 5.10 Å². The molecule has 2 aromatic rings. The number of carbonyl (C=O) groups is 1. The Morgan fingerprint density at radius 1 is 1.17 bits per heavy atom. The van der Waals surface area contributed by atoms with E-state index in [-0.39, 0.29) is 5.91 Å². The Bertz CT molecular complexity index is 777. The third kappa shape index (κ3) is 4.07. The van der Waals surface area contributed by atoms with Crippen molar-refractivity contribution in [1.82, 2.24) is 5.43 Å². The molecule has 0 unspecified atom stereocenters. The molecule has 2 rings (SSSR count). The Hall–Kier alpha value is -2.06. The van der Waals surface area contributed by atoms with Crippen LogP contribution in [0, 0.1) is 0 Å². The van der Waals surface area contributed by atoms with E-state index in [1.807, 2.05) is 0 Å². The number of benzene rings is 2. The van der Waals surface area contributed by atoms with Crippen LogP contribution in [0.15, 0.2) is 44.4 Å². The number of rotatable bonds is 5. The van der Waals surface area contributed by atoms with Gasteiger partial charge in [0, 0.05) is 16.8 Å². The lowest BCUT2D eigenvalue weighted by molar-refractivity contribution is 0.0955. The number of nitrogen functional groups attached to an aromatic ring is 1. The van der Waals surface area contributed by atoms with Gasteiger partial charge in [0.15, 0.2) is 5.75 Å². The zero-order chi connectivity index (χ0) is 17.7. The maximum Gasteiger partial charge on any atom is 0.271 e. The molecular formula is C16H15Br2N3O3. The number of carbonyl (C=O) groups excluding carboxylic acids is 1. The summed E-state index contributed by atoms with van der Waals surface area (Å²) in [6.07, 6.45) is 1.49. The van der Waals surface area contributed by atoms with Gasteiger partial charge in [0.1, 0.15) is 10.2 Å². The standard InChI is InChI=1S/C16H15Br2N3O3/c1-23-14-10(7-12(17)15(24-2)13(14)18)8-20-21-16(22)9-3-5-11(19)6-4-9/h3-8H,19H2,1-2H3,(H,21,22)/b20-8-. The largest absolute Gasteiger partial charge is 0.495 e. The monoisotopic (exact) mass is 455 g/mol. The number of methoxy groups -OCH3 is 2. The number of ether oxygens (including phenoxy) is 2. The van der Waals surface area contributed by atoms with E-state index in [9.17, 15) is 4.79 Å². The Kier molecular flexibility index (Phi) is 6.22. The van der Waals surface area contributed by atoms with Gasteiger partial charge in [-0.25, -0.2) is 5.43 Å². The van der Waals surface area contributed by atoms with Crippen molar-refractivity contribution >= 4 is 49.7 Å². The molecule has 3 N–H and O–H groups in total. The first-order valence-corrected chi connectivity index (χ1v) is 8.35. The van der Waals surface area contributed by atoms with Gasteiger partial charge in [0.2, 0.25) is 0 Å². The average Bonchev–Trinajstić information content (AvgIpc) is 2.55. The van der Waals surface area contributed by atoms with Crippen molar-refractivity contribution in [3.05, 3.63) is 50.4 Å². The summed E-state index contributed by atoms with van der Waals surface area (Å²) in [5.41, 5.74) is 9.77. The number of hydrogen-bond acceptors (Lipinski definition) is 5. The first-order valence-electron chi connectivity index (χ1n) is 6.76. The van der Waals surface area contributed by atoms with Crippen LogP contribution in [0.25, 0.3) is 0 Å². The Morgan fingerprint density at radius 3 is 2.38 bits per heavy atom. The summed E-state index contributed by atoms with van der Waals surface area (Å²) in [7, 11) is 3.10. The van der Waals surface area contributed by atoms with Crippen LogP contribution in [0.4, 0.5) is 5.69 Å². The van der Waals surface area contributed by atoms with Crippen molar-refractivity contribution < 1.29 is 14.3 Å². The summed E-state index contributed by atoms with van der Waals surface area (Å²) >= 11 is 6.84. The van der Waals surface area contributed by atoms with Gasteiger partial charge >= 0.3 is 0 Å². The van der Waals surface area contributed by atoms with E-state index in [4.69, 9.17) is 15.2 Å². The zero-order valence-electron chi connectivity index (χ0n) is 13.0. The number of nitrogens with zero attached hydrogens (tertiary/aromatic N) is 1. The van der Waals surface area contributed by atoms with Gasteiger partial charge in [-0.05, 0) is 62.2 Å². The molecule has 0 saturated heterocycles. The summed E-state index contributed by atoms with van der Waals surface area (Å²) in [6.45, 7) is 0. The second-order valence-corrected chi connectivity index (χ2v) is 6.30. The van der Waals surface area contributed by atoms with Gasteiger partial charge in [-0.15, -0.1) is 0 Å². The molecule has 0 spiro atoms. The topological polar surface area (TPSA) is 85.9 Å². The van der Waals surface area contributed by atoms with E-state index in [0.717, 1.165) is 4.47 Å². The van der Waals surface area contributed by atoms with E-state index < -0.39 is 0 Å². The van der Waals surface area contributed by atoms with Gasteiger partial charge in [-0.1, -0.05) is 0 Å². The number of nitrogens with two attached hydrogens (primary N) is 1. The van der Waals surface area contributed by atoms with Crippen molar-refractivity contribution in [3.63, 3.8) is 0 Å². The molecule has 8 heteroatoms. The van der Waals surface area contributed by atoms with Crippen LogP contribution in [0.5, 0.6) is 11.5 Å². The predicted molar refractivity (Wildman–Crippen MR) is 101 cm³/mol. The van der Waals surface area contributed by atoms with E-state index in [2.05, 4.69) is 42.4 Å². The van der Waals surface area contributed by atoms with Crippen LogP contribution in [0.2, 0.25) is 0 Å². The molecule has 0 aliphatic heterocycles. The van der Waals surface area contributed by atoms with Crippen LogP contribution in [-0.4, -0.2) is 26.3 Å². The van der Waals surface area contributed by atoms with Crippen molar-refractivity contribution in [2.24, 2.45) is 5.10 Å². The summed E-state index contributed by atoms with van der Waals surface area (Å²) in [4.78, 5) is 12.0. The van der Waals surface area contributed by atoms with Crippen molar-refractivity contribution in [1.29, 1.82) is 0 Å². The highest BCUT2D eigenvalue weighted by atomic mass is 79.9. The Balaban J connectivity index is 2.20. The fourth-order valence-corrected chi connectivity index (χ4v) is 3.59. The Labute approximate surface area is 156 Å². The number of hydrogen-bond donors (Lipinski definition) is 2. The SMILES string of the molecule is COc1c(Br)cc(/C=N\NC(=O)c2ccc(N)cc2)c(OC)c1Br. The summed E-state index contributed by atoms with van der Waals surface area (Å²) in [5, 5.41) is 3.97. The molecule has 0 atom stereocenters. The summed E-state index contributed by atoms with van der Waals surface area (Å²) < 4.78 is 12.0. The summed E-state index contributed by atoms with van der Waals surface area (Å²) in [5.74, 6) is 0.812. The van der Waals surface area contributed by atoms with Crippen molar-refractivity contribution in [3.8, 4) is 11.5 Å². The molecule has 0 bridgehead atoms. The van der Waals surface area contributed by atoms with Crippen LogP contribution in [0.1, 0.15) is 15.9 Å². The molecule has 6 nitrogen and oxygen atoms in total. The van der Waals surface area contributed by atoms with E-state index >= 15 is 0 Å². The normalized spacial score (nSPS) is 10.7. The van der Waals surface area contributed by atoms with Crippen LogP contribution in [-0.2, 0) is 0 Å². The lowest BCUT2D eigenvalue weighted by Crippen LogP contribution is -2.17. The molecule has 0 heterocycles. The van der Waals surface area contributed by atoms with Crippen LogP contribution in [0.3, 0.4) is 0 Å². The van der Waals surface area contributed by atoms with Gasteiger partial charge in [-0.3, -0.25) is 4.79 Å². The number of anilines is 1. The third-order valence-corrected chi connectivity index (χ3v) is 4.42. The lowest BCUT2D eigenvalue weighted by Gasteiger charge is -2.12. The molecular weight excluding hydrogens is 442 g/mol. The highest BCUT2D eigenvalue weighted by Gasteiger charge is 2.15. The van der Waals surface area contributed by atoms with E-state index in [0.29, 0.717) is 32.8 Å². The van der Waals surface area contributed by atoms with E-state index in [1.165, 1.54) is 13.3 Å². The van der Waals surface area contributed by atoms with Crippen molar-refractivity contribution in [2.45, 2.75) is 0 Å². The molecule has 0 radical (unpaired) electrons. The Morgan fingerprint density at radius 2 is 1.79 bits per heavy atom. The third-order valence-electron chi connectivity index (χ3n) is 3.11. The maximum atomic E-state index is 12.0. The molecule has 0 aromatic heterocycles. The first kappa shape index (κ1) is 18.3. The molecule has 2 aromatic carbocycles. The van der Waals surface area contributed by atoms with Crippen LogP contribution >= 0.6 is 31.9 Å². The number of hydrazone groups is 1. The number of nitrogens with one attached hydrogen (secondary N) is 1. The van der Waals surface area contributed by atoms with Gasteiger partial charge < -0.3 is 15.2 Å². The predicted octanol–water partition coefficient (Wildman–Crippen LogP) is 3.57. The zero-order valence-corrected chi connectivity index (χ0v) is 16.1. The maximum absolute atomic E-state index is 12.0. The molecule has 0 fully saturated rings. The second-order valence-electron chi connectivity index (χ2n) is 4.65. The van der Waals surface area contributed by atoms with Crippen molar-refractivity contribution in [2.75, 3.05) is 20.0 Å². The van der Waals surface area contributed by atoms with Gasteiger partial charge in [0.25, 0.3) is 5.91 Å². The first-order chi connectivity index (χ1) is 11.5. The summed E-state index contributed by atoms with van der Waals surface area (Å²) in [6, 6.07) is 8.34. The fraction of sp³-hybridized carbons (Fsp3) is 0.125. The average molecular weight is 457 g/mol. The van der Waals surface area contributed by atoms with Crippen LogP contribution < -0.4 is 20.6 Å². The number of amides is 1. The van der Waals surface area contributed by atoms with E-state index in [1.54, 1.807) is 37.4 Å².